The van der Waals surface area contributed by atoms with E-state index < -0.39 is 0 Å². The van der Waals surface area contributed by atoms with Crippen LogP contribution in [0.25, 0.3) is 0 Å². The van der Waals surface area contributed by atoms with E-state index in [1.807, 2.05) is 18.2 Å². The van der Waals surface area contributed by atoms with Crippen molar-refractivity contribution in [2.24, 2.45) is 0 Å². The summed E-state index contributed by atoms with van der Waals surface area (Å²) < 4.78 is 12.7. The molecule has 1 N–H and O–H groups in total. The molecule has 0 aromatic heterocycles. The van der Waals surface area contributed by atoms with Crippen molar-refractivity contribution >= 4 is 0 Å². The number of benzene rings is 1. The third-order valence-corrected chi connectivity index (χ3v) is 2.32. The molecule has 0 fully saturated rings. The summed E-state index contributed by atoms with van der Waals surface area (Å²) >= 11 is 0. The Morgan fingerprint density at radius 1 is 1.38 bits per heavy atom. The minimum Gasteiger partial charge on any atom is -0.312 e. The molecule has 0 radical (unpaired) electrons. The topological polar surface area (TPSA) is 15.3 Å². The Morgan fingerprint density at radius 2 is 2.06 bits per heavy atom. The molecule has 0 bridgehead atoms. The van der Waals surface area contributed by atoms with Gasteiger partial charge in [0.2, 0.25) is 0 Å². The molecule has 0 atom stereocenters. The van der Waals surface area contributed by atoms with Gasteiger partial charge in [0.05, 0.1) is 0 Å². The predicted octanol–water partition coefficient (Wildman–Crippen LogP) is 2.03. The predicted molar refractivity (Wildman–Crippen MR) is 65.8 cm³/mol. The standard InChI is InChI=1S/C13H19FN2/c1-3-8-15-9-10-16(2)11-12-4-6-13(14)7-5-12/h3-7,15H,1,8-11H2,2H3. The molecule has 0 saturated heterocycles. The van der Waals surface area contributed by atoms with Crippen LogP contribution in [-0.4, -0.2) is 31.6 Å². The van der Waals surface area contributed by atoms with Crippen molar-refractivity contribution < 1.29 is 4.39 Å². The fraction of sp³-hybridized carbons (Fsp3) is 0.385. The first-order chi connectivity index (χ1) is 7.72. The summed E-state index contributed by atoms with van der Waals surface area (Å²) in [4.78, 5) is 2.20. The van der Waals surface area contributed by atoms with Gasteiger partial charge in [-0.25, -0.2) is 4.39 Å². The zero-order valence-electron chi connectivity index (χ0n) is 9.75. The normalized spacial score (nSPS) is 10.7. The molecule has 0 unspecified atom stereocenters. The lowest BCUT2D eigenvalue weighted by molar-refractivity contribution is 0.326. The molecule has 0 aliphatic rings. The van der Waals surface area contributed by atoms with E-state index in [1.165, 1.54) is 12.1 Å². The zero-order valence-corrected chi connectivity index (χ0v) is 9.75. The van der Waals surface area contributed by atoms with Gasteiger partial charge in [-0.3, -0.25) is 0 Å². The lowest BCUT2D eigenvalue weighted by atomic mass is 10.2. The summed E-state index contributed by atoms with van der Waals surface area (Å²) in [6.45, 7) is 7.22. The molecule has 3 heteroatoms. The van der Waals surface area contributed by atoms with Crippen molar-refractivity contribution in [2.45, 2.75) is 6.54 Å². The maximum absolute atomic E-state index is 12.7. The van der Waals surface area contributed by atoms with Crippen molar-refractivity contribution in [1.82, 2.24) is 10.2 Å². The molecule has 2 nitrogen and oxygen atoms in total. The van der Waals surface area contributed by atoms with Crippen molar-refractivity contribution in [3.05, 3.63) is 48.3 Å². The molecule has 0 amide bonds. The molecule has 0 spiro atoms. The van der Waals surface area contributed by atoms with Gasteiger partial charge in [-0.2, -0.15) is 0 Å². The van der Waals surface area contributed by atoms with Crippen molar-refractivity contribution in [3.63, 3.8) is 0 Å². The first-order valence-electron chi connectivity index (χ1n) is 5.47. The smallest absolute Gasteiger partial charge is 0.123 e. The highest BCUT2D eigenvalue weighted by Crippen LogP contribution is 2.04. The summed E-state index contributed by atoms with van der Waals surface area (Å²) in [5, 5.41) is 3.24. The monoisotopic (exact) mass is 222 g/mol. The Kier molecular flexibility index (Phi) is 5.75. The lowest BCUT2D eigenvalue weighted by Crippen LogP contribution is -2.28. The van der Waals surface area contributed by atoms with Crippen LogP contribution in [0.3, 0.4) is 0 Å². The van der Waals surface area contributed by atoms with Gasteiger partial charge in [-0.15, -0.1) is 6.58 Å². The average Bonchev–Trinajstić information content (AvgIpc) is 2.28. The SMILES string of the molecule is C=CCNCCN(C)Cc1ccc(F)cc1. The Labute approximate surface area is 96.8 Å². The summed E-state index contributed by atoms with van der Waals surface area (Å²) in [5.74, 6) is -0.181. The van der Waals surface area contributed by atoms with E-state index in [4.69, 9.17) is 0 Å². The Morgan fingerprint density at radius 3 is 2.69 bits per heavy atom. The Hall–Kier alpha value is -1.19. The van der Waals surface area contributed by atoms with Crippen LogP contribution in [0.15, 0.2) is 36.9 Å². The molecule has 0 saturated carbocycles. The lowest BCUT2D eigenvalue weighted by Gasteiger charge is -2.16. The number of likely N-dealkylation sites (N-methyl/N-ethyl adjacent to an activating group) is 1. The maximum Gasteiger partial charge on any atom is 0.123 e. The van der Waals surface area contributed by atoms with Gasteiger partial charge < -0.3 is 10.2 Å². The molecule has 1 aromatic carbocycles. The minimum absolute atomic E-state index is 0.181. The molecule has 0 aliphatic carbocycles. The number of nitrogens with zero attached hydrogens (tertiary/aromatic N) is 1. The third-order valence-electron chi connectivity index (χ3n) is 2.32. The first kappa shape index (κ1) is 12.9. The van der Waals surface area contributed by atoms with Crippen molar-refractivity contribution in [2.75, 3.05) is 26.7 Å². The van der Waals surface area contributed by atoms with Gasteiger partial charge in [0.15, 0.2) is 0 Å². The highest BCUT2D eigenvalue weighted by Gasteiger charge is 1.99. The van der Waals surface area contributed by atoms with Crippen LogP contribution in [0.5, 0.6) is 0 Å². The van der Waals surface area contributed by atoms with Crippen molar-refractivity contribution in [1.29, 1.82) is 0 Å². The summed E-state index contributed by atoms with van der Waals surface area (Å²) in [7, 11) is 2.05. The number of hydrogen-bond donors (Lipinski definition) is 1. The summed E-state index contributed by atoms with van der Waals surface area (Å²) in [6, 6.07) is 6.64. The van der Waals surface area contributed by atoms with E-state index in [-0.39, 0.29) is 5.82 Å². The van der Waals surface area contributed by atoms with Gasteiger partial charge in [0, 0.05) is 26.2 Å². The second kappa shape index (κ2) is 7.14. The molecule has 0 heterocycles. The Bertz CT molecular complexity index is 308. The minimum atomic E-state index is -0.181. The van der Waals surface area contributed by atoms with Crippen LogP contribution in [-0.2, 0) is 6.54 Å². The van der Waals surface area contributed by atoms with E-state index in [2.05, 4.69) is 23.8 Å². The van der Waals surface area contributed by atoms with E-state index >= 15 is 0 Å². The van der Waals surface area contributed by atoms with Crippen molar-refractivity contribution in [3.8, 4) is 0 Å². The molecule has 0 aliphatic heterocycles. The summed E-state index contributed by atoms with van der Waals surface area (Å²) in [5.41, 5.74) is 1.13. The van der Waals surface area contributed by atoms with Gasteiger partial charge in [-0.05, 0) is 24.7 Å². The maximum atomic E-state index is 12.7. The van der Waals surface area contributed by atoms with Gasteiger partial charge >= 0.3 is 0 Å². The van der Waals surface area contributed by atoms with Gasteiger partial charge in [0.1, 0.15) is 5.82 Å². The zero-order chi connectivity index (χ0) is 11.8. The van der Waals surface area contributed by atoms with Crippen LogP contribution in [0.4, 0.5) is 4.39 Å². The highest BCUT2D eigenvalue weighted by molar-refractivity contribution is 5.15. The van der Waals surface area contributed by atoms with Gasteiger partial charge in [0.25, 0.3) is 0 Å². The largest absolute Gasteiger partial charge is 0.312 e. The molecule has 88 valence electrons. The Balaban J connectivity index is 2.25. The van der Waals surface area contributed by atoms with E-state index in [0.29, 0.717) is 0 Å². The van der Waals surface area contributed by atoms with E-state index in [9.17, 15) is 4.39 Å². The fourth-order valence-electron chi connectivity index (χ4n) is 1.45. The molecule has 1 aromatic rings. The van der Waals surface area contributed by atoms with Crippen LogP contribution in [0.2, 0.25) is 0 Å². The third kappa shape index (κ3) is 5.05. The number of rotatable bonds is 7. The fourth-order valence-corrected chi connectivity index (χ4v) is 1.45. The number of halogens is 1. The highest BCUT2D eigenvalue weighted by atomic mass is 19.1. The first-order valence-corrected chi connectivity index (χ1v) is 5.47. The van der Waals surface area contributed by atoms with Gasteiger partial charge in [-0.1, -0.05) is 18.2 Å². The second-order valence-corrected chi connectivity index (χ2v) is 3.86. The molecular formula is C13H19FN2. The average molecular weight is 222 g/mol. The van der Waals surface area contributed by atoms with Crippen LogP contribution in [0.1, 0.15) is 5.56 Å². The quantitative estimate of drug-likeness (QED) is 0.561. The molecule has 16 heavy (non-hydrogen) atoms. The molecular weight excluding hydrogens is 203 g/mol. The number of nitrogens with one attached hydrogen (secondary N) is 1. The molecule has 1 rings (SSSR count). The van der Waals surface area contributed by atoms with E-state index in [1.54, 1.807) is 0 Å². The van der Waals surface area contributed by atoms with Crippen LogP contribution in [0, 0.1) is 5.82 Å². The van der Waals surface area contributed by atoms with Crippen LogP contribution >= 0.6 is 0 Å². The summed E-state index contributed by atoms with van der Waals surface area (Å²) in [6.07, 6.45) is 1.85. The number of hydrogen-bond acceptors (Lipinski definition) is 2. The van der Waals surface area contributed by atoms with E-state index in [0.717, 1.165) is 31.7 Å². The van der Waals surface area contributed by atoms with Crippen LogP contribution < -0.4 is 5.32 Å². The second-order valence-electron chi connectivity index (χ2n) is 3.86.